The number of para-hydroxylation sites is 1. The number of allylic oxidation sites excluding steroid dienone is 1. The van der Waals surface area contributed by atoms with E-state index in [1.165, 1.54) is 12.1 Å². The van der Waals surface area contributed by atoms with E-state index in [1.54, 1.807) is 13.1 Å². The van der Waals surface area contributed by atoms with E-state index in [-0.39, 0.29) is 11.3 Å². The number of carboxylic acid groups (broad SMARTS) is 1. The highest BCUT2D eigenvalue weighted by Crippen LogP contribution is 2.20. The van der Waals surface area contributed by atoms with E-state index >= 15 is 0 Å². The van der Waals surface area contributed by atoms with Crippen LogP contribution in [0.15, 0.2) is 60.8 Å². The van der Waals surface area contributed by atoms with Crippen molar-refractivity contribution in [2.24, 2.45) is 0 Å². The number of hydrogen-bond acceptors (Lipinski definition) is 3. The minimum absolute atomic E-state index is 0.0320. The Hall–Kier alpha value is -3.54. The highest BCUT2D eigenvalue weighted by molar-refractivity contribution is 6.07. The summed E-state index contributed by atoms with van der Waals surface area (Å²) >= 11 is 0. The molecule has 0 aliphatic rings. The number of carbonyl (C=O) groups excluding carboxylic acids is 1. The van der Waals surface area contributed by atoms with Crippen LogP contribution in [0.5, 0.6) is 0 Å². The van der Waals surface area contributed by atoms with E-state index in [9.17, 15) is 14.0 Å². The molecule has 0 spiro atoms. The number of fused-ring (bicyclic) bond motifs is 1. The molecule has 26 heavy (non-hydrogen) atoms. The molecule has 0 bridgehead atoms. The molecule has 1 amide bonds. The first-order valence-electron chi connectivity index (χ1n) is 7.81. The van der Waals surface area contributed by atoms with Gasteiger partial charge in [0.15, 0.2) is 0 Å². The molecule has 0 saturated carbocycles. The maximum atomic E-state index is 13.2. The predicted molar refractivity (Wildman–Crippen MR) is 97.4 cm³/mol. The van der Waals surface area contributed by atoms with Gasteiger partial charge in [0.2, 0.25) is 5.91 Å². The minimum atomic E-state index is -1.32. The Bertz CT molecular complexity index is 1040. The molecule has 0 aliphatic heterocycles. The second-order valence-corrected chi connectivity index (χ2v) is 5.73. The Balaban J connectivity index is 1.85. The minimum Gasteiger partial charge on any atom is -0.478 e. The Labute approximate surface area is 148 Å². The lowest BCUT2D eigenvalue weighted by atomic mass is 10.1. The Morgan fingerprint density at radius 3 is 2.69 bits per heavy atom. The highest BCUT2D eigenvalue weighted by Gasteiger charge is 2.13. The Kier molecular flexibility index (Phi) is 4.75. The number of aromatic carboxylic acids is 1. The molecular formula is C20H15FN2O3. The monoisotopic (exact) mass is 350 g/mol. The lowest BCUT2D eigenvalue weighted by Gasteiger charge is -2.08. The summed E-state index contributed by atoms with van der Waals surface area (Å²) in [7, 11) is 0. The summed E-state index contributed by atoms with van der Waals surface area (Å²) in [4.78, 5) is 27.8. The first-order chi connectivity index (χ1) is 12.4. The average molecular weight is 350 g/mol. The Morgan fingerprint density at radius 1 is 1.15 bits per heavy atom. The van der Waals surface area contributed by atoms with Crippen LogP contribution >= 0.6 is 0 Å². The number of amides is 1. The van der Waals surface area contributed by atoms with Crippen LogP contribution in [-0.4, -0.2) is 22.0 Å². The molecule has 1 aromatic heterocycles. The van der Waals surface area contributed by atoms with Crippen LogP contribution in [-0.2, 0) is 4.79 Å². The average Bonchev–Trinajstić information content (AvgIpc) is 2.62. The van der Waals surface area contributed by atoms with Crippen LogP contribution in [0.4, 0.5) is 10.1 Å². The lowest BCUT2D eigenvalue weighted by Crippen LogP contribution is -2.12. The molecule has 3 aromatic rings. The van der Waals surface area contributed by atoms with Crippen molar-refractivity contribution >= 4 is 34.0 Å². The molecule has 1 heterocycles. The second-order valence-electron chi connectivity index (χ2n) is 5.73. The first kappa shape index (κ1) is 17.3. The number of halogens is 1. The van der Waals surface area contributed by atoms with E-state index in [4.69, 9.17) is 5.11 Å². The van der Waals surface area contributed by atoms with E-state index in [0.717, 1.165) is 28.6 Å². The van der Waals surface area contributed by atoms with E-state index < -0.39 is 17.7 Å². The Morgan fingerprint density at radius 2 is 1.92 bits per heavy atom. The van der Waals surface area contributed by atoms with Crippen molar-refractivity contribution in [3.8, 4) is 0 Å². The number of anilines is 1. The van der Waals surface area contributed by atoms with Crippen molar-refractivity contribution in [3.63, 3.8) is 0 Å². The molecule has 6 heteroatoms. The maximum Gasteiger partial charge on any atom is 0.337 e. The van der Waals surface area contributed by atoms with Crippen LogP contribution in [0.3, 0.4) is 0 Å². The summed E-state index contributed by atoms with van der Waals surface area (Å²) in [5.41, 5.74) is 2.02. The van der Waals surface area contributed by atoms with Crippen molar-refractivity contribution in [2.45, 2.75) is 6.92 Å². The van der Waals surface area contributed by atoms with Gasteiger partial charge in [-0.15, -0.1) is 0 Å². The van der Waals surface area contributed by atoms with Crippen molar-refractivity contribution < 1.29 is 19.1 Å². The number of pyridine rings is 1. The topological polar surface area (TPSA) is 79.3 Å². The van der Waals surface area contributed by atoms with Crippen LogP contribution < -0.4 is 5.32 Å². The molecule has 0 saturated heterocycles. The molecule has 2 aromatic carbocycles. The maximum absolute atomic E-state index is 13.2. The van der Waals surface area contributed by atoms with Crippen LogP contribution in [0.25, 0.3) is 16.5 Å². The van der Waals surface area contributed by atoms with Gasteiger partial charge in [0.05, 0.1) is 16.8 Å². The summed E-state index contributed by atoms with van der Waals surface area (Å²) in [6.45, 7) is 1.76. The summed E-state index contributed by atoms with van der Waals surface area (Å²) in [6, 6.07) is 12.7. The smallest absolute Gasteiger partial charge is 0.337 e. The van der Waals surface area contributed by atoms with Crippen LogP contribution in [0, 0.1) is 5.82 Å². The summed E-state index contributed by atoms with van der Waals surface area (Å²) in [5, 5.41) is 12.5. The number of carbonyl (C=O) groups is 2. The summed E-state index contributed by atoms with van der Waals surface area (Å²) in [5.74, 6) is -2.52. The SMILES string of the molecule is C/C(=C/C(=O)Nc1ccc(F)cc1C(=O)O)c1cnc2ccccc2c1. The number of nitrogens with zero attached hydrogens (tertiary/aromatic N) is 1. The quantitative estimate of drug-likeness (QED) is 0.694. The largest absolute Gasteiger partial charge is 0.478 e. The zero-order chi connectivity index (χ0) is 18.7. The number of aromatic nitrogens is 1. The molecule has 2 N–H and O–H groups in total. The van der Waals surface area contributed by atoms with Crippen LogP contribution in [0.2, 0.25) is 0 Å². The standard InChI is InChI=1S/C20H15FN2O3/c1-12(14-9-13-4-2-3-5-17(13)22-11-14)8-19(24)23-18-7-6-15(21)10-16(18)20(25)26/h2-11H,1H3,(H,23,24)(H,25,26)/b12-8-. The first-order valence-corrected chi connectivity index (χ1v) is 7.81. The number of nitrogens with one attached hydrogen (secondary N) is 1. The third-order valence-electron chi connectivity index (χ3n) is 3.86. The number of rotatable bonds is 4. The second kappa shape index (κ2) is 7.14. The van der Waals surface area contributed by atoms with Gasteiger partial charge in [-0.25, -0.2) is 9.18 Å². The van der Waals surface area contributed by atoms with Gasteiger partial charge >= 0.3 is 5.97 Å². The molecule has 0 unspecified atom stereocenters. The molecule has 130 valence electrons. The normalized spacial score (nSPS) is 11.4. The number of carboxylic acids is 1. The van der Waals surface area contributed by atoms with Gasteiger partial charge in [-0.3, -0.25) is 9.78 Å². The van der Waals surface area contributed by atoms with Gasteiger partial charge in [0.1, 0.15) is 5.82 Å². The zero-order valence-corrected chi connectivity index (χ0v) is 13.9. The summed E-state index contributed by atoms with van der Waals surface area (Å²) in [6.07, 6.45) is 3.02. The molecule has 0 fully saturated rings. The van der Waals surface area contributed by atoms with Gasteiger partial charge in [0, 0.05) is 17.7 Å². The van der Waals surface area contributed by atoms with E-state index in [0.29, 0.717) is 5.57 Å². The fraction of sp³-hybridized carbons (Fsp3) is 0.0500. The van der Waals surface area contributed by atoms with Gasteiger partial charge < -0.3 is 10.4 Å². The van der Waals surface area contributed by atoms with Crippen molar-refractivity contribution in [1.29, 1.82) is 0 Å². The lowest BCUT2D eigenvalue weighted by molar-refractivity contribution is -0.111. The predicted octanol–water partition coefficient (Wildman–Crippen LogP) is 4.11. The van der Waals surface area contributed by atoms with Gasteiger partial charge in [-0.2, -0.15) is 0 Å². The third-order valence-corrected chi connectivity index (χ3v) is 3.86. The zero-order valence-electron chi connectivity index (χ0n) is 13.9. The van der Waals surface area contributed by atoms with Gasteiger partial charge in [-0.1, -0.05) is 18.2 Å². The van der Waals surface area contributed by atoms with Crippen molar-refractivity contribution in [2.75, 3.05) is 5.32 Å². The van der Waals surface area contributed by atoms with Crippen molar-refractivity contribution in [1.82, 2.24) is 4.98 Å². The van der Waals surface area contributed by atoms with Gasteiger partial charge in [0.25, 0.3) is 0 Å². The molecule has 0 radical (unpaired) electrons. The molecule has 5 nitrogen and oxygen atoms in total. The molecular weight excluding hydrogens is 335 g/mol. The van der Waals surface area contributed by atoms with E-state index in [2.05, 4.69) is 10.3 Å². The fourth-order valence-corrected chi connectivity index (χ4v) is 2.54. The van der Waals surface area contributed by atoms with E-state index in [1.807, 2.05) is 30.3 Å². The molecule has 3 rings (SSSR count). The number of hydrogen-bond donors (Lipinski definition) is 2. The van der Waals surface area contributed by atoms with Gasteiger partial charge in [-0.05, 0) is 48.4 Å². The van der Waals surface area contributed by atoms with Crippen molar-refractivity contribution in [3.05, 3.63) is 77.7 Å². The molecule has 0 aliphatic carbocycles. The third kappa shape index (κ3) is 3.75. The highest BCUT2D eigenvalue weighted by atomic mass is 19.1. The fourth-order valence-electron chi connectivity index (χ4n) is 2.54. The van der Waals surface area contributed by atoms with Crippen LogP contribution in [0.1, 0.15) is 22.8 Å². The summed E-state index contributed by atoms with van der Waals surface area (Å²) < 4.78 is 13.2. The number of benzene rings is 2. The molecule has 0 atom stereocenters.